The lowest BCUT2D eigenvalue weighted by Crippen LogP contribution is -1.98. The predicted octanol–water partition coefficient (Wildman–Crippen LogP) is 5.19. The van der Waals surface area contributed by atoms with Crippen molar-refractivity contribution in [2.24, 2.45) is 0 Å². The van der Waals surface area contributed by atoms with Gasteiger partial charge in [0.25, 0.3) is 0 Å². The summed E-state index contributed by atoms with van der Waals surface area (Å²) < 4.78 is 6.69. The van der Waals surface area contributed by atoms with E-state index in [1.807, 2.05) is 36.4 Å². The van der Waals surface area contributed by atoms with Crippen LogP contribution in [0.25, 0.3) is 11.0 Å². The van der Waals surface area contributed by atoms with Gasteiger partial charge in [0.05, 0.1) is 5.75 Å². The topological polar surface area (TPSA) is 50.4 Å². The maximum Gasteiger partial charge on any atom is 0.339 e. The second-order valence-electron chi connectivity index (χ2n) is 4.45. The normalized spacial score (nSPS) is 10.9. The molecule has 3 nitrogen and oxygen atoms in total. The number of rotatable bonds is 4. The van der Waals surface area contributed by atoms with Crippen LogP contribution in [0.3, 0.4) is 0 Å². The molecule has 0 bridgehead atoms. The van der Waals surface area contributed by atoms with Crippen LogP contribution in [0.4, 0.5) is 0 Å². The number of hydrogen-bond donors (Lipinski definition) is 1. The van der Waals surface area contributed by atoms with Gasteiger partial charge in [-0.1, -0.05) is 40.2 Å². The number of carboxylic acid groups (broad SMARTS) is 1. The van der Waals surface area contributed by atoms with Gasteiger partial charge in [0.1, 0.15) is 16.9 Å². The van der Waals surface area contributed by atoms with Crippen LogP contribution in [0.1, 0.15) is 16.1 Å². The number of furan rings is 1. The molecule has 0 unspecified atom stereocenters. The van der Waals surface area contributed by atoms with Crippen molar-refractivity contribution in [2.75, 3.05) is 0 Å². The molecule has 3 aromatic rings. The SMILES string of the molecule is O=C(O)c1c(CSc2cccc(Br)c2)oc2ccccc12. The van der Waals surface area contributed by atoms with E-state index >= 15 is 0 Å². The van der Waals surface area contributed by atoms with Crippen molar-refractivity contribution in [3.05, 3.63) is 64.3 Å². The Labute approximate surface area is 134 Å². The van der Waals surface area contributed by atoms with Gasteiger partial charge in [0.2, 0.25) is 0 Å². The van der Waals surface area contributed by atoms with E-state index in [0.717, 1.165) is 9.37 Å². The summed E-state index contributed by atoms with van der Waals surface area (Å²) in [4.78, 5) is 12.5. The zero-order valence-corrected chi connectivity index (χ0v) is 13.3. The maximum atomic E-state index is 11.5. The summed E-state index contributed by atoms with van der Waals surface area (Å²) in [5, 5.41) is 10.1. The molecule has 21 heavy (non-hydrogen) atoms. The molecular formula is C16H11BrO3S. The number of halogens is 1. The Balaban J connectivity index is 1.93. The summed E-state index contributed by atoms with van der Waals surface area (Å²) in [5.74, 6) is 0.0192. The van der Waals surface area contributed by atoms with Gasteiger partial charge in [-0.15, -0.1) is 11.8 Å². The van der Waals surface area contributed by atoms with E-state index in [9.17, 15) is 9.90 Å². The van der Waals surface area contributed by atoms with Gasteiger partial charge in [-0.2, -0.15) is 0 Å². The lowest BCUT2D eigenvalue weighted by molar-refractivity contribution is 0.0697. The lowest BCUT2D eigenvalue weighted by Gasteiger charge is -2.01. The summed E-state index contributed by atoms with van der Waals surface area (Å²) in [6, 6.07) is 15.1. The van der Waals surface area contributed by atoms with Crippen LogP contribution in [0.5, 0.6) is 0 Å². The molecule has 0 aliphatic heterocycles. The minimum Gasteiger partial charge on any atom is -0.478 e. The number of hydrogen-bond acceptors (Lipinski definition) is 3. The Morgan fingerprint density at radius 3 is 2.76 bits per heavy atom. The molecule has 0 aliphatic rings. The molecule has 0 saturated heterocycles. The smallest absolute Gasteiger partial charge is 0.339 e. The number of fused-ring (bicyclic) bond motifs is 1. The largest absolute Gasteiger partial charge is 0.478 e. The minimum atomic E-state index is -0.954. The monoisotopic (exact) mass is 362 g/mol. The van der Waals surface area contributed by atoms with Gasteiger partial charge in [-0.05, 0) is 24.3 Å². The molecule has 0 amide bonds. The molecule has 0 aliphatic carbocycles. The van der Waals surface area contributed by atoms with Crippen molar-refractivity contribution in [3.63, 3.8) is 0 Å². The number of carboxylic acids is 1. The van der Waals surface area contributed by atoms with E-state index in [0.29, 0.717) is 22.5 Å². The van der Waals surface area contributed by atoms with E-state index in [4.69, 9.17) is 4.42 Å². The number of para-hydroxylation sites is 1. The van der Waals surface area contributed by atoms with Crippen LogP contribution >= 0.6 is 27.7 Å². The Morgan fingerprint density at radius 1 is 1.19 bits per heavy atom. The van der Waals surface area contributed by atoms with Gasteiger partial charge in [-0.25, -0.2) is 4.79 Å². The van der Waals surface area contributed by atoms with E-state index in [-0.39, 0.29) is 5.56 Å². The van der Waals surface area contributed by atoms with Gasteiger partial charge in [-0.3, -0.25) is 0 Å². The standard InChI is InChI=1S/C16H11BrO3S/c17-10-4-3-5-11(8-10)21-9-14-15(16(18)19)12-6-1-2-7-13(12)20-14/h1-8H,9H2,(H,18,19). The molecule has 2 aromatic carbocycles. The van der Waals surface area contributed by atoms with Crippen LogP contribution < -0.4 is 0 Å². The summed E-state index contributed by atoms with van der Waals surface area (Å²) in [5.41, 5.74) is 0.868. The highest BCUT2D eigenvalue weighted by Crippen LogP contribution is 2.32. The lowest BCUT2D eigenvalue weighted by atomic mass is 10.1. The van der Waals surface area contributed by atoms with Crippen LogP contribution in [0, 0.1) is 0 Å². The van der Waals surface area contributed by atoms with E-state index in [2.05, 4.69) is 15.9 Å². The molecule has 0 radical (unpaired) electrons. The van der Waals surface area contributed by atoms with Crippen LogP contribution in [-0.4, -0.2) is 11.1 Å². The molecule has 3 rings (SSSR count). The van der Waals surface area contributed by atoms with E-state index < -0.39 is 5.97 Å². The molecule has 1 heterocycles. The van der Waals surface area contributed by atoms with Crippen LogP contribution in [-0.2, 0) is 5.75 Å². The van der Waals surface area contributed by atoms with Crippen molar-refractivity contribution in [2.45, 2.75) is 10.6 Å². The molecular weight excluding hydrogens is 352 g/mol. The Bertz CT molecular complexity index is 810. The van der Waals surface area contributed by atoms with Gasteiger partial charge in [0, 0.05) is 14.8 Å². The molecule has 106 valence electrons. The fourth-order valence-corrected chi connectivity index (χ4v) is 3.57. The summed E-state index contributed by atoms with van der Waals surface area (Å²) in [6.07, 6.45) is 0. The molecule has 1 aromatic heterocycles. The van der Waals surface area contributed by atoms with Crippen molar-refractivity contribution in [1.82, 2.24) is 0 Å². The minimum absolute atomic E-state index is 0.257. The third kappa shape index (κ3) is 2.99. The van der Waals surface area contributed by atoms with Gasteiger partial charge in [0.15, 0.2) is 0 Å². The molecule has 0 atom stereocenters. The van der Waals surface area contributed by atoms with Crippen molar-refractivity contribution in [3.8, 4) is 0 Å². The first-order valence-corrected chi connectivity index (χ1v) is 8.05. The average molecular weight is 363 g/mol. The molecule has 5 heteroatoms. The molecule has 0 spiro atoms. The first-order chi connectivity index (χ1) is 10.1. The molecule has 0 saturated carbocycles. The predicted molar refractivity (Wildman–Crippen MR) is 86.9 cm³/mol. The Morgan fingerprint density at radius 2 is 2.00 bits per heavy atom. The number of aromatic carboxylic acids is 1. The van der Waals surface area contributed by atoms with Gasteiger partial charge >= 0.3 is 5.97 Å². The summed E-state index contributed by atoms with van der Waals surface area (Å²) >= 11 is 4.97. The fraction of sp³-hybridized carbons (Fsp3) is 0.0625. The Hall–Kier alpha value is -1.72. The highest BCUT2D eigenvalue weighted by atomic mass is 79.9. The molecule has 0 fully saturated rings. The third-order valence-electron chi connectivity index (χ3n) is 3.05. The zero-order chi connectivity index (χ0) is 14.8. The molecule has 1 N–H and O–H groups in total. The van der Waals surface area contributed by atoms with E-state index in [1.165, 1.54) is 0 Å². The number of thioether (sulfide) groups is 1. The number of benzene rings is 2. The quantitative estimate of drug-likeness (QED) is 0.649. The fourth-order valence-electron chi connectivity index (χ4n) is 2.14. The van der Waals surface area contributed by atoms with Crippen molar-refractivity contribution < 1.29 is 14.3 Å². The maximum absolute atomic E-state index is 11.5. The van der Waals surface area contributed by atoms with E-state index in [1.54, 1.807) is 23.9 Å². The second-order valence-corrected chi connectivity index (χ2v) is 6.41. The Kier molecular flexibility index (Phi) is 4.03. The van der Waals surface area contributed by atoms with Crippen LogP contribution in [0.15, 0.2) is 62.3 Å². The summed E-state index contributed by atoms with van der Waals surface area (Å²) in [6.45, 7) is 0. The number of carbonyl (C=O) groups is 1. The highest BCUT2D eigenvalue weighted by Gasteiger charge is 2.19. The first kappa shape index (κ1) is 14.2. The second kappa shape index (κ2) is 5.95. The highest BCUT2D eigenvalue weighted by molar-refractivity contribution is 9.10. The van der Waals surface area contributed by atoms with Crippen LogP contribution in [0.2, 0.25) is 0 Å². The van der Waals surface area contributed by atoms with Gasteiger partial charge < -0.3 is 9.52 Å². The van der Waals surface area contributed by atoms with Crippen molar-refractivity contribution >= 4 is 44.6 Å². The zero-order valence-electron chi connectivity index (χ0n) is 10.9. The summed E-state index contributed by atoms with van der Waals surface area (Å²) in [7, 11) is 0. The first-order valence-electron chi connectivity index (χ1n) is 6.27. The van der Waals surface area contributed by atoms with Crippen molar-refractivity contribution in [1.29, 1.82) is 0 Å². The third-order valence-corrected chi connectivity index (χ3v) is 4.54. The average Bonchev–Trinajstić information content (AvgIpc) is 2.83.